The van der Waals surface area contributed by atoms with E-state index in [0.717, 1.165) is 30.9 Å². The normalized spacial score (nSPS) is 15.0. The standard InChI is InChI=1S/C35H35N5O2/c1-24(26-12-4-2-5-13-26)37-34(41)27-16-17-30-29(22-27)32(35(42)39-30)33(31-15-6-7-18-36-31)38-28-14-10-11-25(21-28)23-40-19-8-3-9-20-40/h2,4-7,10-18,21-22,24,39,42H,3,8-9,19-20,23H2,1H3,(H,37,41)/t24-/m1/s1. The zero-order chi connectivity index (χ0) is 28.9. The van der Waals surface area contributed by atoms with Gasteiger partial charge in [-0.05, 0) is 86.4 Å². The summed E-state index contributed by atoms with van der Waals surface area (Å²) < 4.78 is 0. The maximum absolute atomic E-state index is 13.3. The SMILES string of the molecule is C[C@@H](NC(=O)c1ccc2[nH]c(O)c(C(=Nc3cccc(CN4CCCCC4)c3)c3ccccn3)c2c1)c1ccccc1. The van der Waals surface area contributed by atoms with E-state index in [0.29, 0.717) is 33.4 Å². The Morgan fingerprint density at radius 2 is 1.79 bits per heavy atom. The summed E-state index contributed by atoms with van der Waals surface area (Å²) in [6, 6.07) is 29.0. The van der Waals surface area contributed by atoms with Crippen molar-refractivity contribution in [2.24, 2.45) is 4.99 Å². The molecule has 3 heterocycles. The Kier molecular flexibility index (Phi) is 8.10. The average molecular weight is 558 g/mol. The zero-order valence-corrected chi connectivity index (χ0v) is 23.8. The van der Waals surface area contributed by atoms with E-state index in [4.69, 9.17) is 4.99 Å². The highest BCUT2D eigenvalue weighted by molar-refractivity contribution is 6.21. The quantitative estimate of drug-likeness (QED) is 0.181. The van der Waals surface area contributed by atoms with Crippen LogP contribution in [0, 0.1) is 0 Å². The number of hydrogen-bond acceptors (Lipinski definition) is 5. The lowest BCUT2D eigenvalue weighted by Gasteiger charge is -2.26. The van der Waals surface area contributed by atoms with E-state index in [1.165, 1.54) is 24.8 Å². The van der Waals surface area contributed by atoms with Crippen LogP contribution in [0.4, 0.5) is 5.69 Å². The summed E-state index contributed by atoms with van der Waals surface area (Å²) in [6.45, 7) is 5.09. The van der Waals surface area contributed by atoms with Gasteiger partial charge in [0.05, 0.1) is 23.0 Å². The van der Waals surface area contributed by atoms with Gasteiger partial charge in [-0.1, -0.05) is 55.0 Å². The Bertz CT molecular complexity index is 1710. The lowest BCUT2D eigenvalue weighted by atomic mass is 10.0. The number of piperidine rings is 1. The Hall–Kier alpha value is -4.75. The molecule has 1 fully saturated rings. The van der Waals surface area contributed by atoms with Gasteiger partial charge >= 0.3 is 0 Å². The van der Waals surface area contributed by atoms with E-state index >= 15 is 0 Å². The lowest BCUT2D eigenvalue weighted by Crippen LogP contribution is -2.28. The Labute approximate surface area is 246 Å². The van der Waals surface area contributed by atoms with Crippen LogP contribution in [0.25, 0.3) is 10.9 Å². The molecule has 5 aromatic rings. The molecule has 0 aliphatic carbocycles. The fourth-order valence-electron chi connectivity index (χ4n) is 5.64. The van der Waals surface area contributed by atoms with Crippen LogP contribution in [0.3, 0.4) is 0 Å². The monoisotopic (exact) mass is 557 g/mol. The van der Waals surface area contributed by atoms with E-state index < -0.39 is 0 Å². The minimum Gasteiger partial charge on any atom is -0.494 e. The molecule has 0 unspecified atom stereocenters. The van der Waals surface area contributed by atoms with E-state index in [9.17, 15) is 9.90 Å². The number of benzene rings is 3. The number of carbonyl (C=O) groups is 1. The van der Waals surface area contributed by atoms with Crippen molar-refractivity contribution in [1.82, 2.24) is 20.2 Å². The van der Waals surface area contributed by atoms with E-state index in [1.54, 1.807) is 18.3 Å². The number of rotatable bonds is 8. The second-order valence-electron chi connectivity index (χ2n) is 10.9. The summed E-state index contributed by atoms with van der Waals surface area (Å²) in [4.78, 5) is 28.5. The molecule has 1 saturated heterocycles. The van der Waals surface area contributed by atoms with Crippen molar-refractivity contribution in [3.63, 3.8) is 0 Å². The predicted octanol–water partition coefficient (Wildman–Crippen LogP) is 6.91. The summed E-state index contributed by atoms with van der Waals surface area (Å²) >= 11 is 0. The molecule has 1 atom stereocenters. The largest absolute Gasteiger partial charge is 0.494 e. The van der Waals surface area contributed by atoms with Crippen LogP contribution in [-0.2, 0) is 6.54 Å². The van der Waals surface area contributed by atoms with Gasteiger partial charge in [0.2, 0.25) is 0 Å². The van der Waals surface area contributed by atoms with E-state index in [-0.39, 0.29) is 17.8 Å². The Morgan fingerprint density at radius 1 is 0.976 bits per heavy atom. The molecule has 1 amide bonds. The number of pyridine rings is 1. The van der Waals surface area contributed by atoms with Crippen LogP contribution in [0.2, 0.25) is 0 Å². The van der Waals surface area contributed by atoms with Crippen LogP contribution in [0.5, 0.6) is 5.88 Å². The molecule has 6 rings (SSSR count). The van der Waals surface area contributed by atoms with Crippen molar-refractivity contribution in [2.45, 2.75) is 38.8 Å². The molecule has 0 spiro atoms. The third kappa shape index (κ3) is 6.11. The molecule has 3 aromatic carbocycles. The molecule has 2 aromatic heterocycles. The second kappa shape index (κ2) is 12.4. The third-order valence-corrected chi connectivity index (χ3v) is 7.84. The number of aliphatic imine (C=N–C) groups is 1. The molecule has 42 heavy (non-hydrogen) atoms. The summed E-state index contributed by atoms with van der Waals surface area (Å²) in [5, 5.41) is 14.9. The summed E-state index contributed by atoms with van der Waals surface area (Å²) in [5.41, 5.74) is 5.88. The maximum Gasteiger partial charge on any atom is 0.251 e. The van der Waals surface area contributed by atoms with Crippen LogP contribution >= 0.6 is 0 Å². The van der Waals surface area contributed by atoms with Gasteiger partial charge in [0.15, 0.2) is 5.88 Å². The number of H-pyrrole nitrogens is 1. The van der Waals surface area contributed by atoms with Gasteiger partial charge in [-0.25, -0.2) is 4.99 Å². The molecule has 0 radical (unpaired) electrons. The van der Waals surface area contributed by atoms with Crippen LogP contribution in [-0.4, -0.2) is 44.7 Å². The number of hydrogen-bond donors (Lipinski definition) is 3. The van der Waals surface area contributed by atoms with Gasteiger partial charge in [-0.15, -0.1) is 0 Å². The Balaban J connectivity index is 1.37. The highest BCUT2D eigenvalue weighted by Crippen LogP contribution is 2.32. The van der Waals surface area contributed by atoms with Gasteiger partial charge in [0, 0.05) is 29.2 Å². The molecule has 1 aliphatic rings. The molecule has 0 saturated carbocycles. The predicted molar refractivity (Wildman–Crippen MR) is 167 cm³/mol. The first-order valence-corrected chi connectivity index (χ1v) is 14.6. The van der Waals surface area contributed by atoms with Gasteiger partial charge in [0.25, 0.3) is 5.91 Å². The van der Waals surface area contributed by atoms with Crippen LogP contribution in [0.15, 0.2) is 102 Å². The number of aromatic hydroxyl groups is 1. The summed E-state index contributed by atoms with van der Waals surface area (Å²) in [5.74, 6) is -0.212. The van der Waals surface area contributed by atoms with Gasteiger partial charge in [-0.3, -0.25) is 14.7 Å². The molecule has 0 bridgehead atoms. The molecular weight excluding hydrogens is 522 g/mol. The fourth-order valence-corrected chi connectivity index (χ4v) is 5.64. The first-order valence-electron chi connectivity index (χ1n) is 14.6. The number of fused-ring (bicyclic) bond motifs is 1. The molecular formula is C35H35N5O2. The van der Waals surface area contributed by atoms with Crippen molar-refractivity contribution in [1.29, 1.82) is 0 Å². The number of likely N-dealkylation sites (tertiary alicyclic amines) is 1. The number of carbonyl (C=O) groups excluding carboxylic acids is 1. The highest BCUT2D eigenvalue weighted by Gasteiger charge is 2.21. The minimum absolute atomic E-state index is 0.0194. The van der Waals surface area contributed by atoms with Gasteiger partial charge in [-0.2, -0.15) is 0 Å². The van der Waals surface area contributed by atoms with Gasteiger partial charge in [0.1, 0.15) is 5.71 Å². The van der Waals surface area contributed by atoms with E-state index in [1.807, 2.05) is 73.7 Å². The zero-order valence-electron chi connectivity index (χ0n) is 23.8. The molecule has 7 nitrogen and oxygen atoms in total. The molecule has 3 N–H and O–H groups in total. The van der Waals surface area contributed by atoms with Crippen molar-refractivity contribution in [2.75, 3.05) is 13.1 Å². The van der Waals surface area contributed by atoms with Crippen LogP contribution < -0.4 is 5.32 Å². The smallest absolute Gasteiger partial charge is 0.251 e. The number of aromatic nitrogens is 2. The Morgan fingerprint density at radius 3 is 2.57 bits per heavy atom. The topological polar surface area (TPSA) is 93.6 Å². The number of nitrogens with one attached hydrogen (secondary N) is 2. The van der Waals surface area contributed by atoms with Crippen molar-refractivity contribution >= 4 is 28.2 Å². The van der Waals surface area contributed by atoms with Crippen molar-refractivity contribution in [3.8, 4) is 5.88 Å². The number of nitrogens with zero attached hydrogens (tertiary/aromatic N) is 3. The second-order valence-corrected chi connectivity index (χ2v) is 10.9. The molecule has 212 valence electrons. The van der Waals surface area contributed by atoms with E-state index in [2.05, 4.69) is 32.3 Å². The molecule has 1 aliphatic heterocycles. The molecule has 7 heteroatoms. The number of aromatic amines is 1. The minimum atomic E-state index is -0.193. The lowest BCUT2D eigenvalue weighted by molar-refractivity contribution is 0.0940. The average Bonchev–Trinajstić information content (AvgIpc) is 3.36. The van der Waals surface area contributed by atoms with Crippen molar-refractivity contribution < 1.29 is 9.90 Å². The first kappa shape index (κ1) is 27.4. The third-order valence-electron chi connectivity index (χ3n) is 7.84. The van der Waals surface area contributed by atoms with Gasteiger partial charge < -0.3 is 15.4 Å². The van der Waals surface area contributed by atoms with Crippen LogP contribution in [0.1, 0.15) is 65.0 Å². The first-order chi connectivity index (χ1) is 20.5. The van der Waals surface area contributed by atoms with Crippen molar-refractivity contribution in [3.05, 3.63) is 125 Å². The summed E-state index contributed by atoms with van der Waals surface area (Å²) in [7, 11) is 0. The maximum atomic E-state index is 13.3. The number of amides is 1. The highest BCUT2D eigenvalue weighted by atomic mass is 16.3. The summed E-state index contributed by atoms with van der Waals surface area (Å²) in [6.07, 6.45) is 5.50. The fraction of sp³-hybridized carbons (Fsp3) is 0.229.